The molecule has 2 N–H and O–H groups in total. The smallest absolute Gasteiger partial charge is 0.352 e. The zero-order valence-corrected chi connectivity index (χ0v) is 16.7. The van der Waals surface area contributed by atoms with E-state index in [2.05, 4.69) is 5.32 Å². The lowest BCUT2D eigenvalue weighted by Crippen LogP contribution is -2.71. The normalized spacial score (nSPS) is 26.5. The summed E-state index contributed by atoms with van der Waals surface area (Å²) in [5.41, 5.74) is 1.02. The minimum Gasteiger partial charge on any atom is -0.477 e. The van der Waals surface area contributed by atoms with Crippen molar-refractivity contribution in [3.8, 4) is 0 Å². The van der Waals surface area contributed by atoms with E-state index in [1.54, 1.807) is 30.3 Å². The number of rotatable bonds is 7. The molecule has 0 aromatic heterocycles. The van der Waals surface area contributed by atoms with E-state index in [4.69, 9.17) is 9.47 Å². The number of hydrogen-bond acceptors (Lipinski definition) is 7. The van der Waals surface area contributed by atoms with Gasteiger partial charge in [0.25, 0.3) is 18.3 Å². The van der Waals surface area contributed by atoms with E-state index >= 15 is 0 Å². The molecule has 4 atom stereocenters. The fourth-order valence-electron chi connectivity index (χ4n) is 3.95. The van der Waals surface area contributed by atoms with E-state index in [9.17, 15) is 24.3 Å². The molecule has 0 saturated carbocycles. The highest BCUT2D eigenvalue weighted by Crippen LogP contribution is 2.43. The number of nitrogens with zero attached hydrogens (tertiary/aromatic N) is 1. The molecule has 10 heteroatoms. The van der Waals surface area contributed by atoms with Crippen molar-refractivity contribution >= 4 is 36.0 Å². The van der Waals surface area contributed by atoms with Crippen molar-refractivity contribution in [2.24, 2.45) is 0 Å². The lowest BCUT2D eigenvalue weighted by atomic mass is 9.98. The summed E-state index contributed by atoms with van der Waals surface area (Å²) < 4.78 is 10.6. The fourth-order valence-corrected chi connectivity index (χ4v) is 5.35. The number of β-lactam (4-membered cyclic amide) rings is 1. The minimum absolute atomic E-state index is 0.0510. The van der Waals surface area contributed by atoms with Gasteiger partial charge >= 0.3 is 5.97 Å². The molecule has 2 saturated heterocycles. The van der Waals surface area contributed by atoms with Crippen LogP contribution in [-0.2, 0) is 28.7 Å². The van der Waals surface area contributed by atoms with Gasteiger partial charge in [0.15, 0.2) is 0 Å². The second-order valence-electron chi connectivity index (χ2n) is 7.10. The van der Waals surface area contributed by atoms with Crippen LogP contribution in [0, 0.1) is 0 Å². The molecule has 0 bridgehead atoms. The summed E-state index contributed by atoms with van der Waals surface area (Å²) >= 11 is 1.38. The van der Waals surface area contributed by atoms with Gasteiger partial charge in [0.05, 0.1) is 6.10 Å². The fraction of sp³-hybridized carbons (Fsp3) is 0.400. The maximum Gasteiger partial charge on any atom is 0.352 e. The van der Waals surface area contributed by atoms with Crippen molar-refractivity contribution in [1.82, 2.24) is 10.2 Å². The molecular weight excluding hydrogens is 412 g/mol. The summed E-state index contributed by atoms with van der Waals surface area (Å²) in [5, 5.41) is 11.8. The summed E-state index contributed by atoms with van der Waals surface area (Å²) in [5.74, 6) is -1.93. The molecule has 9 nitrogen and oxygen atoms in total. The van der Waals surface area contributed by atoms with Gasteiger partial charge in [-0.3, -0.25) is 19.3 Å². The van der Waals surface area contributed by atoms with E-state index in [1.165, 1.54) is 16.7 Å². The van der Waals surface area contributed by atoms with Crippen LogP contribution in [0.1, 0.15) is 24.5 Å². The number of nitrogens with one attached hydrogen (secondary N) is 1. The molecule has 158 valence electrons. The Morgan fingerprint density at radius 2 is 2.10 bits per heavy atom. The van der Waals surface area contributed by atoms with Gasteiger partial charge in [0.1, 0.15) is 17.1 Å². The lowest BCUT2D eigenvalue weighted by Gasteiger charge is -2.50. The van der Waals surface area contributed by atoms with E-state index in [0.717, 1.165) is 12.8 Å². The lowest BCUT2D eigenvalue weighted by molar-refractivity contribution is -0.154. The van der Waals surface area contributed by atoms with Crippen LogP contribution in [0.25, 0.3) is 0 Å². The molecule has 0 radical (unpaired) electrons. The minimum atomic E-state index is -1.20. The molecule has 0 unspecified atom stereocenters. The quantitative estimate of drug-likeness (QED) is 0.480. The SMILES string of the molecule is O=CO[C@@H](C(=O)N[C@@H]1C(=O)N2C(C(=O)O)=C([C@@H]3CCCO3)CS[C@H]12)c1ccccc1. The topological polar surface area (TPSA) is 122 Å². The number of carbonyl (C=O) groups excluding carboxylic acids is 3. The van der Waals surface area contributed by atoms with Crippen LogP contribution < -0.4 is 5.32 Å². The number of carboxylic acid groups (broad SMARTS) is 1. The number of carbonyl (C=O) groups is 4. The van der Waals surface area contributed by atoms with Gasteiger partial charge in [-0.1, -0.05) is 30.3 Å². The van der Waals surface area contributed by atoms with Gasteiger partial charge < -0.3 is 19.9 Å². The summed E-state index contributed by atoms with van der Waals surface area (Å²) in [6.45, 7) is 0.750. The number of ether oxygens (including phenoxy) is 2. The van der Waals surface area contributed by atoms with Crippen LogP contribution in [0.2, 0.25) is 0 Å². The van der Waals surface area contributed by atoms with Gasteiger partial charge in [-0.25, -0.2) is 4.79 Å². The zero-order chi connectivity index (χ0) is 21.3. The highest BCUT2D eigenvalue weighted by molar-refractivity contribution is 8.00. The van der Waals surface area contributed by atoms with Crippen molar-refractivity contribution in [1.29, 1.82) is 0 Å². The van der Waals surface area contributed by atoms with Crippen molar-refractivity contribution < 1.29 is 33.8 Å². The van der Waals surface area contributed by atoms with Crippen molar-refractivity contribution in [2.45, 2.75) is 36.5 Å². The highest BCUT2D eigenvalue weighted by Gasteiger charge is 2.55. The Labute approximate surface area is 176 Å². The molecule has 2 fully saturated rings. The van der Waals surface area contributed by atoms with E-state index in [1.807, 2.05) is 0 Å². The van der Waals surface area contributed by atoms with E-state index in [0.29, 0.717) is 23.5 Å². The third-order valence-corrected chi connectivity index (χ3v) is 6.65. The van der Waals surface area contributed by atoms with Gasteiger partial charge in [-0.05, 0) is 18.4 Å². The Balaban J connectivity index is 1.52. The summed E-state index contributed by atoms with van der Waals surface area (Å²) in [4.78, 5) is 49.5. The standard InChI is InChI=1S/C20H20N2O7S/c23-10-29-16(11-5-2-1-3-6-11)17(24)21-14-18(25)22-15(20(26)27)12(9-30-19(14)22)13-7-4-8-28-13/h1-3,5-6,10,13-14,16,19H,4,7-9H2,(H,21,24)(H,26,27)/t13-,14+,16+,19+/m0/s1. The molecule has 3 aliphatic heterocycles. The molecule has 3 heterocycles. The molecule has 0 aliphatic carbocycles. The van der Waals surface area contributed by atoms with Crippen molar-refractivity contribution in [3.63, 3.8) is 0 Å². The number of aliphatic carboxylic acids is 1. The van der Waals surface area contributed by atoms with Crippen molar-refractivity contribution in [2.75, 3.05) is 12.4 Å². The van der Waals surface area contributed by atoms with E-state index < -0.39 is 35.3 Å². The van der Waals surface area contributed by atoms with Crippen molar-refractivity contribution in [3.05, 3.63) is 47.2 Å². The summed E-state index contributed by atoms with van der Waals surface area (Å²) in [6.07, 6.45) is 0.0753. The van der Waals surface area contributed by atoms with Gasteiger partial charge in [-0.15, -0.1) is 11.8 Å². The predicted octanol–water partition coefficient (Wildman–Crippen LogP) is 0.818. The maximum absolute atomic E-state index is 12.8. The van der Waals surface area contributed by atoms with Crippen LogP contribution in [0.5, 0.6) is 0 Å². The third-order valence-electron chi connectivity index (χ3n) is 5.35. The molecule has 2 amide bonds. The summed E-state index contributed by atoms with van der Waals surface area (Å²) in [6, 6.07) is 7.54. The van der Waals surface area contributed by atoms with Crippen LogP contribution in [0.15, 0.2) is 41.6 Å². The molecule has 0 spiro atoms. The molecule has 1 aromatic carbocycles. The average Bonchev–Trinajstić information content (AvgIpc) is 3.29. The Hall–Kier alpha value is -2.85. The second-order valence-corrected chi connectivity index (χ2v) is 8.20. The first kappa shape index (κ1) is 20.4. The number of thioether (sulfide) groups is 1. The predicted molar refractivity (Wildman–Crippen MR) is 105 cm³/mol. The van der Waals surface area contributed by atoms with Gasteiger partial charge in [0, 0.05) is 17.9 Å². The Bertz CT molecular complexity index is 898. The average molecular weight is 432 g/mol. The Morgan fingerprint density at radius 1 is 1.33 bits per heavy atom. The monoisotopic (exact) mass is 432 g/mol. The molecule has 30 heavy (non-hydrogen) atoms. The van der Waals surface area contributed by atoms with Crippen LogP contribution in [0.3, 0.4) is 0 Å². The molecule has 4 rings (SSSR count). The highest BCUT2D eigenvalue weighted by atomic mass is 32.2. The summed E-state index contributed by atoms with van der Waals surface area (Å²) in [7, 11) is 0. The maximum atomic E-state index is 12.8. The Morgan fingerprint density at radius 3 is 2.73 bits per heavy atom. The van der Waals surface area contributed by atoms with Gasteiger partial charge in [-0.2, -0.15) is 0 Å². The zero-order valence-electron chi connectivity index (χ0n) is 15.9. The first-order valence-corrected chi connectivity index (χ1v) is 10.5. The Kier molecular flexibility index (Phi) is 5.78. The number of amides is 2. The molecule has 3 aliphatic rings. The van der Waals surface area contributed by atoms with Crippen LogP contribution >= 0.6 is 11.8 Å². The van der Waals surface area contributed by atoms with Gasteiger partial charge in [0.2, 0.25) is 6.10 Å². The number of carboxylic acids is 1. The molecular formula is C20H20N2O7S. The number of fused-ring (bicyclic) bond motifs is 1. The third kappa shape index (κ3) is 3.56. The van der Waals surface area contributed by atoms with Crippen LogP contribution in [-0.4, -0.2) is 64.1 Å². The first-order chi connectivity index (χ1) is 14.5. The van der Waals surface area contributed by atoms with E-state index in [-0.39, 0.29) is 18.3 Å². The molecule has 1 aromatic rings. The first-order valence-electron chi connectivity index (χ1n) is 9.50. The number of benzene rings is 1. The number of hydrogen-bond donors (Lipinski definition) is 2. The largest absolute Gasteiger partial charge is 0.477 e. The van der Waals surface area contributed by atoms with Crippen LogP contribution in [0.4, 0.5) is 0 Å². The second kappa shape index (κ2) is 8.49.